The quantitative estimate of drug-likeness (QED) is 0.345. The fourth-order valence-electron chi connectivity index (χ4n) is 0.969. The van der Waals surface area contributed by atoms with Gasteiger partial charge in [0.05, 0.1) is 0 Å². The van der Waals surface area contributed by atoms with Gasteiger partial charge in [0.15, 0.2) is 18.1 Å². The van der Waals surface area contributed by atoms with Crippen LogP contribution in [0.5, 0.6) is 11.5 Å². The average molecular weight is 236 g/mol. The number of terminal acetylenes is 1. The van der Waals surface area contributed by atoms with Crippen molar-refractivity contribution in [3.8, 4) is 23.8 Å². The Morgan fingerprint density at radius 1 is 1.41 bits per heavy atom. The first-order chi connectivity index (χ1) is 7.63. The highest BCUT2D eigenvalue weighted by Crippen LogP contribution is 2.25. The number of aromatic hydroxyl groups is 2. The van der Waals surface area contributed by atoms with E-state index in [1.54, 1.807) is 6.07 Å². The second-order valence-electron chi connectivity index (χ2n) is 2.89. The normalized spacial score (nSPS) is 9.35. The van der Waals surface area contributed by atoms with E-state index in [4.69, 9.17) is 11.5 Å². The Balaban J connectivity index is 0.00000256. The molecule has 0 spiro atoms. The van der Waals surface area contributed by atoms with Gasteiger partial charge in [-0.15, -0.1) is 6.42 Å². The number of esters is 1. The van der Waals surface area contributed by atoms with E-state index in [2.05, 4.69) is 10.7 Å². The second-order valence-corrected chi connectivity index (χ2v) is 2.89. The first-order valence-corrected chi connectivity index (χ1v) is 4.44. The van der Waals surface area contributed by atoms with Gasteiger partial charge in [-0.1, -0.05) is 12.0 Å². The Labute approximate surface area is 98.3 Å². The number of carbonyl (C=O) groups is 1. The second kappa shape index (κ2) is 6.93. The molecular formula is C12H12O5. The molecule has 1 aromatic carbocycles. The smallest absolute Gasteiger partial charge is 0.331 e. The van der Waals surface area contributed by atoms with E-state index < -0.39 is 5.97 Å². The zero-order chi connectivity index (χ0) is 12.0. The SMILES string of the molecule is C#CCOC(=O)/C=C/c1ccc(O)c(O)c1.O. The van der Waals surface area contributed by atoms with Crippen LogP contribution in [0.15, 0.2) is 24.3 Å². The summed E-state index contributed by atoms with van der Waals surface area (Å²) in [6.45, 7) is -0.0794. The molecule has 0 heterocycles. The van der Waals surface area contributed by atoms with Gasteiger partial charge in [0.1, 0.15) is 0 Å². The van der Waals surface area contributed by atoms with Gasteiger partial charge in [-0.05, 0) is 23.8 Å². The van der Waals surface area contributed by atoms with Crippen LogP contribution in [0, 0.1) is 12.3 Å². The van der Waals surface area contributed by atoms with Crippen LogP contribution in [-0.2, 0) is 9.53 Å². The molecule has 0 aliphatic carbocycles. The highest BCUT2D eigenvalue weighted by atomic mass is 16.5. The Kier molecular flexibility index (Phi) is 5.93. The number of rotatable bonds is 3. The van der Waals surface area contributed by atoms with Gasteiger partial charge in [-0.3, -0.25) is 0 Å². The fraction of sp³-hybridized carbons (Fsp3) is 0.0833. The Morgan fingerprint density at radius 3 is 2.71 bits per heavy atom. The standard InChI is InChI=1S/C12H10O4.H2O/c1-2-7-16-12(15)6-4-9-3-5-10(13)11(14)8-9;/h1,3-6,8,13-14H,7H2;1H2/b6-4+;. The van der Waals surface area contributed by atoms with Crippen molar-refractivity contribution in [2.45, 2.75) is 0 Å². The molecule has 0 aliphatic rings. The van der Waals surface area contributed by atoms with E-state index in [0.717, 1.165) is 0 Å². The molecule has 0 amide bonds. The number of carbonyl (C=O) groups excluding carboxylic acids is 1. The first kappa shape index (κ1) is 14.6. The van der Waals surface area contributed by atoms with Crippen LogP contribution >= 0.6 is 0 Å². The van der Waals surface area contributed by atoms with Gasteiger partial charge in [0, 0.05) is 6.08 Å². The third-order valence-electron chi connectivity index (χ3n) is 1.71. The predicted molar refractivity (Wildman–Crippen MR) is 62.2 cm³/mol. The maximum absolute atomic E-state index is 11.0. The summed E-state index contributed by atoms with van der Waals surface area (Å²) >= 11 is 0. The molecule has 0 atom stereocenters. The molecule has 5 heteroatoms. The molecule has 0 saturated carbocycles. The molecule has 0 unspecified atom stereocenters. The van der Waals surface area contributed by atoms with E-state index in [-0.39, 0.29) is 23.6 Å². The van der Waals surface area contributed by atoms with Crippen molar-refractivity contribution in [3.05, 3.63) is 29.8 Å². The highest BCUT2D eigenvalue weighted by Gasteiger charge is 1.99. The number of phenolic OH excluding ortho intramolecular Hbond substituents is 2. The zero-order valence-electron chi connectivity index (χ0n) is 8.88. The zero-order valence-corrected chi connectivity index (χ0v) is 8.88. The molecule has 5 nitrogen and oxygen atoms in total. The summed E-state index contributed by atoms with van der Waals surface area (Å²) in [6, 6.07) is 4.18. The topological polar surface area (TPSA) is 98.3 Å². The molecular weight excluding hydrogens is 224 g/mol. The molecule has 0 bridgehead atoms. The van der Waals surface area contributed by atoms with Crippen molar-refractivity contribution in [1.82, 2.24) is 0 Å². The number of hydrogen-bond donors (Lipinski definition) is 2. The summed E-state index contributed by atoms with van der Waals surface area (Å²) in [4.78, 5) is 11.0. The van der Waals surface area contributed by atoms with Crippen LogP contribution in [0.1, 0.15) is 5.56 Å². The molecule has 17 heavy (non-hydrogen) atoms. The van der Waals surface area contributed by atoms with Gasteiger partial charge in [0.2, 0.25) is 0 Å². The lowest BCUT2D eigenvalue weighted by atomic mass is 10.2. The van der Waals surface area contributed by atoms with Crippen molar-refractivity contribution >= 4 is 12.0 Å². The minimum absolute atomic E-state index is 0. The average Bonchev–Trinajstić information content (AvgIpc) is 2.28. The maximum atomic E-state index is 11.0. The van der Waals surface area contributed by atoms with Crippen molar-refractivity contribution in [2.24, 2.45) is 0 Å². The molecule has 0 aliphatic heterocycles. The summed E-state index contributed by atoms with van der Waals surface area (Å²) in [5, 5.41) is 18.2. The van der Waals surface area contributed by atoms with Crippen molar-refractivity contribution in [1.29, 1.82) is 0 Å². The van der Waals surface area contributed by atoms with Crippen molar-refractivity contribution < 1.29 is 25.2 Å². The molecule has 1 rings (SSSR count). The molecule has 0 aromatic heterocycles. The van der Waals surface area contributed by atoms with Crippen LogP contribution in [0.25, 0.3) is 6.08 Å². The van der Waals surface area contributed by atoms with Crippen molar-refractivity contribution in [3.63, 3.8) is 0 Å². The van der Waals surface area contributed by atoms with Crippen LogP contribution < -0.4 is 0 Å². The molecule has 1 aromatic rings. The van der Waals surface area contributed by atoms with Crippen LogP contribution in [0.2, 0.25) is 0 Å². The third-order valence-corrected chi connectivity index (χ3v) is 1.71. The third kappa shape index (κ3) is 4.73. The number of ether oxygens (including phenoxy) is 1. The van der Waals surface area contributed by atoms with E-state index in [9.17, 15) is 9.90 Å². The predicted octanol–water partition coefficient (Wildman–Crippen LogP) is 0.463. The van der Waals surface area contributed by atoms with Gasteiger partial charge < -0.3 is 20.4 Å². The van der Waals surface area contributed by atoms with E-state index in [1.807, 2.05) is 0 Å². The van der Waals surface area contributed by atoms with Crippen LogP contribution in [-0.4, -0.2) is 28.3 Å². The van der Waals surface area contributed by atoms with Gasteiger partial charge >= 0.3 is 5.97 Å². The van der Waals surface area contributed by atoms with Gasteiger partial charge in [-0.2, -0.15) is 0 Å². The minimum atomic E-state index is -0.564. The molecule has 90 valence electrons. The maximum Gasteiger partial charge on any atom is 0.331 e. The summed E-state index contributed by atoms with van der Waals surface area (Å²) in [7, 11) is 0. The van der Waals surface area contributed by atoms with E-state index in [1.165, 1.54) is 24.3 Å². The number of hydrogen-bond acceptors (Lipinski definition) is 4. The summed E-state index contributed by atoms with van der Waals surface area (Å²) in [5.41, 5.74) is 0.563. The van der Waals surface area contributed by atoms with Crippen molar-refractivity contribution in [2.75, 3.05) is 6.61 Å². The summed E-state index contributed by atoms with van der Waals surface area (Å²) in [5.74, 6) is 1.13. The largest absolute Gasteiger partial charge is 0.504 e. The summed E-state index contributed by atoms with van der Waals surface area (Å²) in [6.07, 6.45) is 7.53. The Hall–Kier alpha value is -2.45. The fourth-order valence-corrected chi connectivity index (χ4v) is 0.969. The van der Waals surface area contributed by atoms with E-state index in [0.29, 0.717) is 5.56 Å². The monoisotopic (exact) mass is 236 g/mol. The van der Waals surface area contributed by atoms with Gasteiger partial charge in [-0.25, -0.2) is 4.79 Å². The molecule has 0 fully saturated rings. The minimum Gasteiger partial charge on any atom is -0.504 e. The number of benzene rings is 1. The highest BCUT2D eigenvalue weighted by molar-refractivity contribution is 5.87. The molecule has 0 radical (unpaired) electrons. The first-order valence-electron chi connectivity index (χ1n) is 4.44. The van der Waals surface area contributed by atoms with Crippen LogP contribution in [0.3, 0.4) is 0 Å². The van der Waals surface area contributed by atoms with E-state index >= 15 is 0 Å². The lowest BCUT2D eigenvalue weighted by Crippen LogP contribution is -1.99. The Morgan fingerprint density at radius 2 is 2.12 bits per heavy atom. The molecule has 4 N–H and O–H groups in total. The lowest BCUT2D eigenvalue weighted by Gasteiger charge is -1.98. The molecule has 0 saturated heterocycles. The summed E-state index contributed by atoms with van der Waals surface area (Å²) < 4.78 is 4.59. The van der Waals surface area contributed by atoms with Gasteiger partial charge in [0.25, 0.3) is 0 Å². The van der Waals surface area contributed by atoms with Crippen LogP contribution in [0.4, 0.5) is 0 Å². The number of phenols is 2. The lowest BCUT2D eigenvalue weighted by molar-refractivity contribution is -0.136. The Bertz CT molecular complexity index is 456.